The standard InChI is InChI=1S/C23H21NO5/c24-20(12-14-6-5-11-28-14)21(22(25)26)23(27)29-13-19-17-9-3-1-7-15(17)16-8-2-4-10-18(16)19/h1-11,19-21H,12-13,24H2,(H,25,26)/t20?,21-/m1/s1. The van der Waals surface area contributed by atoms with Crippen molar-refractivity contribution in [2.75, 3.05) is 6.61 Å². The summed E-state index contributed by atoms with van der Waals surface area (Å²) >= 11 is 0. The summed E-state index contributed by atoms with van der Waals surface area (Å²) in [7, 11) is 0. The summed E-state index contributed by atoms with van der Waals surface area (Å²) < 4.78 is 10.7. The lowest BCUT2D eigenvalue weighted by Crippen LogP contribution is -2.43. The predicted octanol–water partition coefficient (Wildman–Crippen LogP) is 3.21. The number of aliphatic carboxylic acids is 1. The van der Waals surface area contributed by atoms with Gasteiger partial charge in [-0.2, -0.15) is 0 Å². The second-order valence-electron chi connectivity index (χ2n) is 7.12. The Bertz CT molecular complexity index is 982. The number of carbonyl (C=O) groups is 2. The third-order valence-corrected chi connectivity index (χ3v) is 5.32. The van der Waals surface area contributed by atoms with E-state index < -0.39 is 23.9 Å². The van der Waals surface area contributed by atoms with Crippen LogP contribution in [0.25, 0.3) is 11.1 Å². The summed E-state index contributed by atoms with van der Waals surface area (Å²) in [6, 6.07) is 18.3. The zero-order valence-electron chi connectivity index (χ0n) is 15.7. The van der Waals surface area contributed by atoms with Crippen LogP contribution in [0, 0.1) is 5.92 Å². The van der Waals surface area contributed by atoms with E-state index in [1.807, 2.05) is 48.5 Å². The third kappa shape index (κ3) is 3.67. The van der Waals surface area contributed by atoms with Gasteiger partial charge in [-0.05, 0) is 34.4 Å². The lowest BCUT2D eigenvalue weighted by molar-refractivity contribution is -0.159. The van der Waals surface area contributed by atoms with Crippen LogP contribution in [0.1, 0.15) is 22.8 Å². The van der Waals surface area contributed by atoms with Crippen LogP contribution in [-0.4, -0.2) is 29.7 Å². The smallest absolute Gasteiger partial charge is 0.321 e. The molecule has 4 rings (SSSR count). The number of furan rings is 1. The lowest BCUT2D eigenvalue weighted by atomic mass is 9.96. The van der Waals surface area contributed by atoms with E-state index in [1.54, 1.807) is 12.1 Å². The Morgan fingerprint density at radius 3 is 2.17 bits per heavy atom. The molecule has 6 nitrogen and oxygen atoms in total. The maximum Gasteiger partial charge on any atom is 0.321 e. The molecule has 0 aliphatic heterocycles. The molecule has 1 aliphatic rings. The van der Waals surface area contributed by atoms with E-state index >= 15 is 0 Å². The van der Waals surface area contributed by atoms with Crippen molar-refractivity contribution in [2.45, 2.75) is 18.4 Å². The highest BCUT2D eigenvalue weighted by Crippen LogP contribution is 2.44. The van der Waals surface area contributed by atoms with E-state index in [4.69, 9.17) is 14.9 Å². The Kier molecular flexibility index (Phi) is 5.18. The highest BCUT2D eigenvalue weighted by Gasteiger charge is 2.36. The first-order chi connectivity index (χ1) is 14.1. The summed E-state index contributed by atoms with van der Waals surface area (Å²) in [5, 5.41) is 9.54. The lowest BCUT2D eigenvalue weighted by Gasteiger charge is -2.20. The van der Waals surface area contributed by atoms with Gasteiger partial charge >= 0.3 is 11.9 Å². The Labute approximate surface area is 167 Å². The Morgan fingerprint density at radius 1 is 1.00 bits per heavy atom. The molecular formula is C23H21NO5. The Balaban J connectivity index is 1.50. The second kappa shape index (κ2) is 7.93. The molecule has 0 saturated carbocycles. The van der Waals surface area contributed by atoms with Gasteiger partial charge in [0.05, 0.1) is 6.26 Å². The number of hydrogen-bond donors (Lipinski definition) is 2. The number of ether oxygens (including phenoxy) is 1. The van der Waals surface area contributed by atoms with Gasteiger partial charge in [-0.15, -0.1) is 0 Å². The average Bonchev–Trinajstić information content (AvgIpc) is 3.32. The van der Waals surface area contributed by atoms with Crippen molar-refractivity contribution in [1.82, 2.24) is 0 Å². The maximum atomic E-state index is 12.6. The molecule has 0 radical (unpaired) electrons. The van der Waals surface area contributed by atoms with Crippen LogP contribution in [-0.2, 0) is 20.7 Å². The van der Waals surface area contributed by atoms with Crippen LogP contribution in [0.3, 0.4) is 0 Å². The number of esters is 1. The minimum Gasteiger partial charge on any atom is -0.481 e. The van der Waals surface area contributed by atoms with Gasteiger partial charge in [0.1, 0.15) is 12.4 Å². The molecule has 0 fully saturated rings. The topological polar surface area (TPSA) is 103 Å². The predicted molar refractivity (Wildman–Crippen MR) is 106 cm³/mol. The summed E-state index contributed by atoms with van der Waals surface area (Å²) in [4.78, 5) is 24.3. The number of fused-ring (bicyclic) bond motifs is 3. The number of benzene rings is 2. The highest BCUT2D eigenvalue weighted by atomic mass is 16.5. The van der Waals surface area contributed by atoms with Crippen LogP contribution >= 0.6 is 0 Å². The summed E-state index contributed by atoms with van der Waals surface area (Å²) in [6.45, 7) is 0.0596. The number of nitrogens with two attached hydrogens (primary N) is 1. The molecule has 1 unspecified atom stereocenters. The molecule has 3 aromatic rings. The van der Waals surface area contributed by atoms with Crippen molar-refractivity contribution < 1.29 is 23.8 Å². The number of carboxylic acids is 1. The van der Waals surface area contributed by atoms with Crippen LogP contribution in [0.4, 0.5) is 0 Å². The molecule has 0 bridgehead atoms. The van der Waals surface area contributed by atoms with Gasteiger partial charge in [-0.25, -0.2) is 0 Å². The first kappa shape index (κ1) is 19.0. The molecule has 1 aromatic heterocycles. The molecule has 0 saturated heterocycles. The molecular weight excluding hydrogens is 370 g/mol. The van der Waals surface area contributed by atoms with Crippen LogP contribution in [0.5, 0.6) is 0 Å². The molecule has 148 valence electrons. The van der Waals surface area contributed by atoms with Crippen molar-refractivity contribution in [3.63, 3.8) is 0 Å². The van der Waals surface area contributed by atoms with Gasteiger partial charge in [0, 0.05) is 18.4 Å². The molecule has 2 atom stereocenters. The fourth-order valence-corrected chi connectivity index (χ4v) is 3.93. The molecule has 0 amide bonds. The normalized spacial score (nSPS) is 14.7. The van der Waals surface area contributed by atoms with Crippen molar-refractivity contribution in [3.8, 4) is 11.1 Å². The molecule has 29 heavy (non-hydrogen) atoms. The van der Waals surface area contributed by atoms with E-state index in [0.29, 0.717) is 5.76 Å². The fraction of sp³-hybridized carbons (Fsp3) is 0.217. The first-order valence-corrected chi connectivity index (χ1v) is 9.42. The van der Waals surface area contributed by atoms with Gasteiger partial charge in [0.2, 0.25) is 0 Å². The van der Waals surface area contributed by atoms with Gasteiger partial charge in [-0.1, -0.05) is 48.5 Å². The molecule has 2 aromatic carbocycles. The summed E-state index contributed by atoms with van der Waals surface area (Å²) in [6.07, 6.45) is 1.61. The quantitative estimate of drug-likeness (QED) is 0.474. The number of carbonyl (C=O) groups excluding carboxylic acids is 1. The van der Waals surface area contributed by atoms with Crippen molar-refractivity contribution in [2.24, 2.45) is 11.7 Å². The van der Waals surface area contributed by atoms with Gasteiger partial charge in [0.15, 0.2) is 5.92 Å². The van der Waals surface area contributed by atoms with Gasteiger partial charge in [0.25, 0.3) is 0 Å². The minimum absolute atomic E-state index is 0.0596. The SMILES string of the molecule is NC(Cc1ccco1)[C@H](C(=O)O)C(=O)OCC1c2ccccc2-c2ccccc21. The number of carboxylic acid groups (broad SMARTS) is 1. The zero-order chi connectivity index (χ0) is 20.4. The fourth-order valence-electron chi connectivity index (χ4n) is 3.93. The van der Waals surface area contributed by atoms with Crippen molar-refractivity contribution in [1.29, 1.82) is 0 Å². The van der Waals surface area contributed by atoms with E-state index in [9.17, 15) is 14.7 Å². The van der Waals surface area contributed by atoms with E-state index in [1.165, 1.54) is 6.26 Å². The van der Waals surface area contributed by atoms with Crippen molar-refractivity contribution in [3.05, 3.63) is 83.8 Å². The van der Waals surface area contributed by atoms with Crippen LogP contribution in [0.15, 0.2) is 71.3 Å². The molecule has 1 heterocycles. The number of hydrogen-bond acceptors (Lipinski definition) is 5. The van der Waals surface area contributed by atoms with Gasteiger partial charge in [-0.3, -0.25) is 9.59 Å². The third-order valence-electron chi connectivity index (χ3n) is 5.32. The average molecular weight is 391 g/mol. The first-order valence-electron chi connectivity index (χ1n) is 9.42. The molecule has 1 aliphatic carbocycles. The zero-order valence-corrected chi connectivity index (χ0v) is 15.7. The van der Waals surface area contributed by atoms with Gasteiger partial charge < -0.3 is 20.0 Å². The highest BCUT2D eigenvalue weighted by molar-refractivity contribution is 5.95. The molecule has 3 N–H and O–H groups in total. The van der Waals surface area contributed by atoms with E-state index in [2.05, 4.69) is 0 Å². The van der Waals surface area contributed by atoms with Crippen LogP contribution < -0.4 is 5.73 Å². The van der Waals surface area contributed by atoms with Crippen LogP contribution in [0.2, 0.25) is 0 Å². The Hall–Kier alpha value is -3.38. The minimum atomic E-state index is -1.47. The molecule has 0 spiro atoms. The van der Waals surface area contributed by atoms with E-state index in [0.717, 1.165) is 22.3 Å². The number of rotatable bonds is 7. The summed E-state index contributed by atoms with van der Waals surface area (Å²) in [5.41, 5.74) is 10.3. The largest absolute Gasteiger partial charge is 0.481 e. The Morgan fingerprint density at radius 2 is 1.62 bits per heavy atom. The molecule has 6 heteroatoms. The van der Waals surface area contributed by atoms with Crippen molar-refractivity contribution >= 4 is 11.9 Å². The second-order valence-corrected chi connectivity index (χ2v) is 7.12. The van der Waals surface area contributed by atoms with E-state index in [-0.39, 0.29) is 18.9 Å². The monoisotopic (exact) mass is 391 g/mol. The maximum absolute atomic E-state index is 12.6. The summed E-state index contributed by atoms with van der Waals surface area (Å²) in [5.74, 6) is -3.22.